The zero-order valence-electron chi connectivity index (χ0n) is 17.9. The Kier molecular flexibility index (Phi) is 6.53. The second-order valence-corrected chi connectivity index (χ2v) is 8.55. The number of amides is 1. The summed E-state index contributed by atoms with van der Waals surface area (Å²) in [4.78, 5) is 22.1. The lowest BCUT2D eigenvalue weighted by molar-refractivity contribution is 0.0581. The summed E-state index contributed by atoms with van der Waals surface area (Å²) in [5.41, 5.74) is 1.66. The molecule has 162 valence electrons. The lowest BCUT2D eigenvalue weighted by Crippen LogP contribution is -2.49. The van der Waals surface area contributed by atoms with E-state index in [0.717, 1.165) is 23.6 Å². The number of carbonyl (C=O) groups excluding carboxylic acids is 1. The highest BCUT2D eigenvalue weighted by atomic mass is 32.1. The van der Waals surface area contributed by atoms with Crippen LogP contribution in [0.25, 0.3) is 10.2 Å². The van der Waals surface area contributed by atoms with Gasteiger partial charge in [-0.1, -0.05) is 24.8 Å². The van der Waals surface area contributed by atoms with E-state index in [1.54, 1.807) is 42.7 Å². The molecule has 1 unspecified atom stereocenters. The number of piperazine rings is 1. The van der Waals surface area contributed by atoms with Crippen LogP contribution in [0.3, 0.4) is 0 Å². The maximum atomic E-state index is 13.0. The first-order valence-electron chi connectivity index (χ1n) is 10.4. The highest BCUT2D eigenvalue weighted by Crippen LogP contribution is 2.31. The third-order valence-corrected chi connectivity index (χ3v) is 6.79. The summed E-state index contributed by atoms with van der Waals surface area (Å²) in [7, 11) is 1.58. The third-order valence-electron chi connectivity index (χ3n) is 5.58. The molecule has 0 saturated carbocycles. The minimum absolute atomic E-state index is 0.0147. The van der Waals surface area contributed by atoms with Crippen LogP contribution in [-0.4, -0.2) is 60.6 Å². The van der Waals surface area contributed by atoms with Crippen LogP contribution in [-0.2, 0) is 0 Å². The van der Waals surface area contributed by atoms with Gasteiger partial charge in [0.2, 0.25) is 0 Å². The standard InChI is InChI=1S/C24H27N3O3S/c1-4-15-30-20-10-9-18(16-21(20)29-3)24(28)27-13-11-26(12-14-27)17(2)23-25-19-7-5-6-8-22(19)31-23/h4-10,16-17H,1,11-15H2,2-3H3. The van der Waals surface area contributed by atoms with Crippen LogP contribution in [0.15, 0.2) is 55.1 Å². The molecule has 1 atom stereocenters. The van der Waals surface area contributed by atoms with Gasteiger partial charge in [-0.15, -0.1) is 11.3 Å². The Hall–Kier alpha value is -2.90. The quantitative estimate of drug-likeness (QED) is 0.513. The Morgan fingerprint density at radius 2 is 1.97 bits per heavy atom. The van der Waals surface area contributed by atoms with E-state index in [0.29, 0.717) is 36.8 Å². The molecule has 0 aliphatic carbocycles. The van der Waals surface area contributed by atoms with Crippen LogP contribution in [0.5, 0.6) is 11.5 Å². The van der Waals surface area contributed by atoms with E-state index in [2.05, 4.69) is 30.5 Å². The summed E-state index contributed by atoms with van der Waals surface area (Å²) >= 11 is 1.75. The number of aromatic nitrogens is 1. The van der Waals surface area contributed by atoms with Crippen LogP contribution in [0.1, 0.15) is 28.3 Å². The predicted octanol–water partition coefficient (Wildman–Crippen LogP) is 4.39. The fourth-order valence-electron chi connectivity index (χ4n) is 3.79. The maximum absolute atomic E-state index is 13.0. The van der Waals surface area contributed by atoms with E-state index in [-0.39, 0.29) is 11.9 Å². The first-order chi connectivity index (χ1) is 15.1. The van der Waals surface area contributed by atoms with Crippen LogP contribution in [0, 0.1) is 0 Å². The van der Waals surface area contributed by atoms with Gasteiger partial charge in [0.05, 0.1) is 23.4 Å². The number of ether oxygens (including phenoxy) is 2. The van der Waals surface area contributed by atoms with E-state index in [9.17, 15) is 4.79 Å². The van der Waals surface area contributed by atoms with Crippen molar-refractivity contribution in [3.63, 3.8) is 0 Å². The largest absolute Gasteiger partial charge is 0.493 e. The molecule has 0 N–H and O–H groups in total. The summed E-state index contributed by atoms with van der Waals surface area (Å²) in [5, 5.41) is 1.13. The van der Waals surface area contributed by atoms with Gasteiger partial charge in [0.15, 0.2) is 11.5 Å². The molecule has 4 rings (SSSR count). The Morgan fingerprint density at radius 1 is 1.19 bits per heavy atom. The van der Waals surface area contributed by atoms with E-state index in [1.807, 2.05) is 17.0 Å². The van der Waals surface area contributed by atoms with Gasteiger partial charge in [-0.2, -0.15) is 0 Å². The van der Waals surface area contributed by atoms with Gasteiger partial charge in [-0.05, 0) is 37.3 Å². The van der Waals surface area contributed by atoms with Crippen LogP contribution in [0.2, 0.25) is 0 Å². The second-order valence-electron chi connectivity index (χ2n) is 7.49. The molecule has 31 heavy (non-hydrogen) atoms. The minimum atomic E-state index is 0.0147. The molecular weight excluding hydrogens is 410 g/mol. The Balaban J connectivity index is 1.40. The molecule has 0 bridgehead atoms. The van der Waals surface area contributed by atoms with Crippen molar-refractivity contribution >= 4 is 27.5 Å². The molecule has 2 aromatic carbocycles. The van der Waals surface area contributed by atoms with Gasteiger partial charge in [0.25, 0.3) is 5.91 Å². The number of thiazole rings is 1. The highest BCUT2D eigenvalue weighted by molar-refractivity contribution is 7.18. The van der Waals surface area contributed by atoms with E-state index < -0.39 is 0 Å². The Bertz CT molecular complexity index is 1040. The second kappa shape index (κ2) is 9.49. The van der Waals surface area contributed by atoms with E-state index in [4.69, 9.17) is 14.5 Å². The van der Waals surface area contributed by atoms with Gasteiger partial charge in [-0.3, -0.25) is 9.69 Å². The smallest absolute Gasteiger partial charge is 0.254 e. The molecule has 6 nitrogen and oxygen atoms in total. The molecule has 1 aliphatic rings. The molecule has 1 aliphatic heterocycles. The number of hydrogen-bond donors (Lipinski definition) is 0. The number of rotatable bonds is 7. The lowest BCUT2D eigenvalue weighted by atomic mass is 10.1. The highest BCUT2D eigenvalue weighted by Gasteiger charge is 2.27. The fourth-order valence-corrected chi connectivity index (χ4v) is 4.84. The number of methoxy groups -OCH3 is 1. The first-order valence-corrected chi connectivity index (χ1v) is 11.2. The fraction of sp³-hybridized carbons (Fsp3) is 0.333. The summed E-state index contributed by atoms with van der Waals surface area (Å²) in [6.45, 7) is 9.25. The monoisotopic (exact) mass is 437 g/mol. The van der Waals surface area contributed by atoms with Crippen LogP contribution >= 0.6 is 11.3 Å². The first kappa shape index (κ1) is 21.3. The van der Waals surface area contributed by atoms with Crippen molar-refractivity contribution in [3.05, 3.63) is 65.7 Å². The SMILES string of the molecule is C=CCOc1ccc(C(=O)N2CCN(C(C)c3nc4ccccc4s3)CC2)cc1OC. The third kappa shape index (κ3) is 4.57. The number of para-hydroxylation sites is 1. The number of carbonyl (C=O) groups is 1. The average molecular weight is 438 g/mol. The van der Waals surface area contributed by atoms with Gasteiger partial charge in [0.1, 0.15) is 11.6 Å². The van der Waals surface area contributed by atoms with Gasteiger partial charge < -0.3 is 14.4 Å². The zero-order valence-corrected chi connectivity index (χ0v) is 18.7. The molecule has 1 aromatic heterocycles. The normalized spacial score (nSPS) is 15.6. The van der Waals surface area contributed by atoms with Crippen molar-refractivity contribution in [3.8, 4) is 11.5 Å². The Morgan fingerprint density at radius 3 is 2.68 bits per heavy atom. The van der Waals surface area contributed by atoms with Crippen molar-refractivity contribution in [2.75, 3.05) is 39.9 Å². The minimum Gasteiger partial charge on any atom is -0.493 e. The molecule has 0 radical (unpaired) electrons. The average Bonchev–Trinajstić information content (AvgIpc) is 3.26. The van der Waals surface area contributed by atoms with Crippen molar-refractivity contribution in [2.24, 2.45) is 0 Å². The van der Waals surface area contributed by atoms with E-state index in [1.165, 1.54) is 4.70 Å². The maximum Gasteiger partial charge on any atom is 0.254 e. The van der Waals surface area contributed by atoms with Crippen molar-refractivity contribution < 1.29 is 14.3 Å². The molecule has 3 aromatic rings. The van der Waals surface area contributed by atoms with Gasteiger partial charge in [0, 0.05) is 31.7 Å². The molecule has 0 spiro atoms. The van der Waals surface area contributed by atoms with Crippen LogP contribution in [0.4, 0.5) is 0 Å². The van der Waals surface area contributed by atoms with Crippen molar-refractivity contribution in [2.45, 2.75) is 13.0 Å². The van der Waals surface area contributed by atoms with Gasteiger partial charge in [-0.25, -0.2) is 4.98 Å². The van der Waals surface area contributed by atoms with Gasteiger partial charge >= 0.3 is 0 Å². The van der Waals surface area contributed by atoms with Crippen molar-refractivity contribution in [1.82, 2.24) is 14.8 Å². The molecule has 2 heterocycles. The zero-order chi connectivity index (χ0) is 21.8. The molecule has 7 heteroatoms. The van der Waals surface area contributed by atoms with E-state index >= 15 is 0 Å². The number of benzene rings is 2. The predicted molar refractivity (Wildman–Crippen MR) is 124 cm³/mol. The molecule has 1 amide bonds. The van der Waals surface area contributed by atoms with Crippen molar-refractivity contribution in [1.29, 1.82) is 0 Å². The topological polar surface area (TPSA) is 54.9 Å². The summed E-state index contributed by atoms with van der Waals surface area (Å²) in [6, 6.07) is 13.8. The summed E-state index contributed by atoms with van der Waals surface area (Å²) in [6.07, 6.45) is 1.67. The number of fused-ring (bicyclic) bond motifs is 1. The Labute approximate surface area is 186 Å². The molecule has 1 saturated heterocycles. The van der Waals surface area contributed by atoms with Crippen LogP contribution < -0.4 is 9.47 Å². The number of hydrogen-bond acceptors (Lipinski definition) is 6. The molecular formula is C24H27N3O3S. The number of nitrogens with zero attached hydrogens (tertiary/aromatic N) is 3. The summed E-state index contributed by atoms with van der Waals surface area (Å²) in [5.74, 6) is 1.17. The summed E-state index contributed by atoms with van der Waals surface area (Å²) < 4.78 is 12.2. The lowest BCUT2D eigenvalue weighted by Gasteiger charge is -2.37. The molecule has 1 fully saturated rings.